The van der Waals surface area contributed by atoms with Gasteiger partial charge in [-0.15, -0.1) is 0 Å². The Morgan fingerprint density at radius 3 is 2.31 bits per heavy atom. The Labute approximate surface area is 215 Å². The number of carbonyl (C=O) groups excluding carboxylic acids is 3. The fourth-order valence-corrected chi connectivity index (χ4v) is 5.39. The third kappa shape index (κ3) is 4.70. The normalized spacial score (nSPS) is 18.0. The van der Waals surface area contributed by atoms with Gasteiger partial charge in [0.15, 0.2) is 18.2 Å². The molecule has 1 amide bonds. The summed E-state index contributed by atoms with van der Waals surface area (Å²) in [6, 6.07) is 11.0. The number of hydrogen-bond acceptors (Lipinski definition) is 5. The van der Waals surface area contributed by atoms with Crippen LogP contribution >= 0.6 is 11.6 Å². The minimum Gasteiger partial charge on any atom is -0.483 e. The Balaban J connectivity index is 1.48. The SMILES string of the molecule is Cc1ccc(C)c(NC(=O)COc2ccc(Cl)cc2C2C3=C(CCCC3=O)OC3=C2C(=O)CCC3)c1. The van der Waals surface area contributed by atoms with Crippen molar-refractivity contribution in [1.29, 1.82) is 0 Å². The molecule has 6 nitrogen and oxygen atoms in total. The lowest BCUT2D eigenvalue weighted by Crippen LogP contribution is -2.30. The standard InChI is InChI=1S/C29H28ClNO5/c1-16-9-10-17(2)20(13-16)31-26(34)15-35-23-12-11-18(30)14-19(23)27-28-21(32)5-3-7-24(28)36-25-8-4-6-22(33)29(25)27/h9-14,27H,3-8,15H2,1-2H3,(H,31,34). The number of nitrogens with one attached hydrogen (secondary N) is 1. The predicted molar refractivity (Wildman–Crippen MR) is 137 cm³/mol. The second kappa shape index (κ2) is 9.94. The molecular weight excluding hydrogens is 478 g/mol. The zero-order chi connectivity index (χ0) is 25.4. The zero-order valence-electron chi connectivity index (χ0n) is 20.4. The molecule has 1 N–H and O–H groups in total. The van der Waals surface area contributed by atoms with Crippen molar-refractivity contribution in [3.05, 3.63) is 80.8 Å². The van der Waals surface area contributed by atoms with Crippen molar-refractivity contribution in [2.75, 3.05) is 11.9 Å². The van der Waals surface area contributed by atoms with E-state index in [1.165, 1.54) is 0 Å². The minimum atomic E-state index is -0.611. The van der Waals surface area contributed by atoms with E-state index in [-0.39, 0.29) is 24.1 Å². The zero-order valence-corrected chi connectivity index (χ0v) is 21.2. The van der Waals surface area contributed by atoms with Gasteiger partial charge in [0, 0.05) is 53.1 Å². The number of ether oxygens (including phenoxy) is 2. The molecule has 0 bridgehead atoms. The third-order valence-electron chi connectivity index (χ3n) is 6.95. The monoisotopic (exact) mass is 505 g/mol. The lowest BCUT2D eigenvalue weighted by atomic mass is 9.73. The summed E-state index contributed by atoms with van der Waals surface area (Å²) < 4.78 is 12.1. The third-order valence-corrected chi connectivity index (χ3v) is 7.18. The van der Waals surface area contributed by atoms with Crippen molar-refractivity contribution >= 4 is 34.8 Å². The maximum absolute atomic E-state index is 13.1. The summed E-state index contributed by atoms with van der Waals surface area (Å²) in [6.07, 6.45) is 3.56. The van der Waals surface area contributed by atoms with Gasteiger partial charge in [0.05, 0.1) is 5.92 Å². The highest BCUT2D eigenvalue weighted by atomic mass is 35.5. The average molecular weight is 506 g/mol. The van der Waals surface area contributed by atoms with Gasteiger partial charge in [-0.05, 0) is 62.1 Å². The molecule has 36 heavy (non-hydrogen) atoms. The number of rotatable bonds is 5. The largest absolute Gasteiger partial charge is 0.483 e. The van der Waals surface area contributed by atoms with E-state index in [0.717, 1.165) is 29.7 Å². The molecular formula is C29H28ClNO5. The van der Waals surface area contributed by atoms with Crippen LogP contribution in [0.3, 0.4) is 0 Å². The van der Waals surface area contributed by atoms with Crippen LogP contribution in [0.25, 0.3) is 0 Å². The van der Waals surface area contributed by atoms with E-state index in [1.807, 2.05) is 32.0 Å². The molecule has 0 saturated carbocycles. The molecule has 2 aromatic carbocycles. The van der Waals surface area contributed by atoms with Gasteiger partial charge < -0.3 is 14.8 Å². The van der Waals surface area contributed by atoms with Gasteiger partial charge in [-0.25, -0.2) is 0 Å². The number of ketones is 2. The summed E-state index contributed by atoms with van der Waals surface area (Å²) in [7, 11) is 0. The molecule has 1 aliphatic heterocycles. The first kappa shape index (κ1) is 24.3. The fraction of sp³-hybridized carbons (Fsp3) is 0.345. The van der Waals surface area contributed by atoms with E-state index in [9.17, 15) is 14.4 Å². The van der Waals surface area contributed by atoms with Crippen molar-refractivity contribution in [2.45, 2.75) is 58.3 Å². The van der Waals surface area contributed by atoms with Gasteiger partial charge in [-0.2, -0.15) is 0 Å². The number of hydrogen-bond donors (Lipinski definition) is 1. The number of benzene rings is 2. The Bertz CT molecular complexity index is 1300. The molecule has 0 spiro atoms. The Kier molecular flexibility index (Phi) is 6.71. The summed E-state index contributed by atoms with van der Waals surface area (Å²) in [5.74, 6) is 0.734. The molecule has 5 rings (SSSR count). The maximum atomic E-state index is 13.1. The van der Waals surface area contributed by atoms with E-state index in [4.69, 9.17) is 21.1 Å². The van der Waals surface area contributed by atoms with Crippen LogP contribution in [0.15, 0.2) is 59.1 Å². The minimum absolute atomic E-state index is 0.0234. The molecule has 0 atom stereocenters. The van der Waals surface area contributed by atoms with E-state index >= 15 is 0 Å². The highest BCUT2D eigenvalue weighted by molar-refractivity contribution is 6.30. The lowest BCUT2D eigenvalue weighted by Gasteiger charge is -2.36. The van der Waals surface area contributed by atoms with Gasteiger partial charge in [-0.3, -0.25) is 14.4 Å². The molecule has 1 heterocycles. The first-order chi connectivity index (χ1) is 17.3. The molecule has 2 aromatic rings. The van der Waals surface area contributed by atoms with Crippen LogP contribution < -0.4 is 10.1 Å². The number of carbonyl (C=O) groups is 3. The van der Waals surface area contributed by atoms with Crippen LogP contribution in [0, 0.1) is 13.8 Å². The number of aryl methyl sites for hydroxylation is 2. The average Bonchev–Trinajstić information content (AvgIpc) is 2.84. The Hall–Kier alpha value is -3.38. The van der Waals surface area contributed by atoms with Crippen LogP contribution in [0.1, 0.15) is 61.1 Å². The van der Waals surface area contributed by atoms with Crippen LogP contribution in [-0.2, 0) is 19.1 Å². The van der Waals surface area contributed by atoms with Gasteiger partial charge >= 0.3 is 0 Å². The van der Waals surface area contributed by atoms with Gasteiger partial charge in [-0.1, -0.05) is 23.7 Å². The number of anilines is 1. The Morgan fingerprint density at radius 2 is 1.64 bits per heavy atom. The van der Waals surface area contributed by atoms with Crippen molar-refractivity contribution in [3.8, 4) is 5.75 Å². The van der Waals surface area contributed by atoms with Crippen molar-refractivity contribution in [2.24, 2.45) is 0 Å². The van der Waals surface area contributed by atoms with Crippen molar-refractivity contribution < 1.29 is 23.9 Å². The van der Waals surface area contributed by atoms with Crippen molar-refractivity contribution in [3.63, 3.8) is 0 Å². The van der Waals surface area contributed by atoms with Crippen LogP contribution in [0.2, 0.25) is 5.02 Å². The number of amides is 1. The van der Waals surface area contributed by atoms with Crippen LogP contribution in [0.4, 0.5) is 5.69 Å². The van der Waals surface area contributed by atoms with E-state index in [2.05, 4.69) is 5.32 Å². The van der Waals surface area contributed by atoms with E-state index < -0.39 is 5.92 Å². The topological polar surface area (TPSA) is 81.7 Å². The van der Waals surface area contributed by atoms with Crippen LogP contribution in [0.5, 0.6) is 5.75 Å². The molecule has 0 fully saturated rings. The molecule has 0 unspecified atom stereocenters. The molecule has 7 heteroatoms. The molecule has 0 aromatic heterocycles. The first-order valence-corrected chi connectivity index (χ1v) is 12.7. The van der Waals surface area contributed by atoms with Gasteiger partial charge in [0.2, 0.25) is 0 Å². The number of halogens is 1. The summed E-state index contributed by atoms with van der Waals surface area (Å²) in [6.45, 7) is 3.66. The van der Waals surface area contributed by atoms with E-state index in [1.54, 1.807) is 18.2 Å². The lowest BCUT2D eigenvalue weighted by molar-refractivity contribution is -0.119. The highest BCUT2D eigenvalue weighted by Crippen LogP contribution is 2.50. The Morgan fingerprint density at radius 1 is 0.972 bits per heavy atom. The molecule has 0 saturated heterocycles. The molecule has 3 aliphatic rings. The molecule has 2 aliphatic carbocycles. The van der Waals surface area contributed by atoms with Gasteiger partial charge in [0.1, 0.15) is 17.3 Å². The quantitative estimate of drug-likeness (QED) is 0.530. The summed E-state index contributed by atoms with van der Waals surface area (Å²) >= 11 is 6.39. The van der Waals surface area contributed by atoms with E-state index in [0.29, 0.717) is 64.7 Å². The first-order valence-electron chi connectivity index (χ1n) is 12.3. The number of allylic oxidation sites excluding steroid dienone is 4. The summed E-state index contributed by atoms with van der Waals surface area (Å²) in [5.41, 5.74) is 4.36. The summed E-state index contributed by atoms with van der Waals surface area (Å²) in [4.78, 5) is 39.0. The van der Waals surface area contributed by atoms with Crippen molar-refractivity contribution in [1.82, 2.24) is 0 Å². The summed E-state index contributed by atoms with van der Waals surface area (Å²) in [5, 5.41) is 3.36. The molecule has 186 valence electrons. The fourth-order valence-electron chi connectivity index (χ4n) is 5.21. The second-order valence-corrected chi connectivity index (χ2v) is 10.0. The highest BCUT2D eigenvalue weighted by Gasteiger charge is 2.42. The number of Topliss-reactive ketones (excluding diaryl/α,β-unsaturated/α-hetero) is 2. The second-order valence-electron chi connectivity index (χ2n) is 9.60. The van der Waals surface area contributed by atoms with Gasteiger partial charge in [0.25, 0.3) is 5.91 Å². The predicted octanol–water partition coefficient (Wildman–Crippen LogP) is 6.10. The van der Waals surface area contributed by atoms with Crippen LogP contribution in [-0.4, -0.2) is 24.1 Å². The molecule has 0 radical (unpaired) electrons. The maximum Gasteiger partial charge on any atom is 0.262 e. The smallest absolute Gasteiger partial charge is 0.262 e.